The van der Waals surface area contributed by atoms with Crippen molar-refractivity contribution in [1.29, 1.82) is 0 Å². The Morgan fingerprint density at radius 3 is 2.68 bits per heavy atom. The van der Waals surface area contributed by atoms with E-state index in [1.165, 1.54) is 19.3 Å². The highest BCUT2D eigenvalue weighted by atomic mass is 16.6. The Hall–Kier alpha value is -2.44. The van der Waals surface area contributed by atoms with E-state index in [1.807, 2.05) is 30.0 Å². The molecule has 1 N–H and O–H groups in total. The van der Waals surface area contributed by atoms with Crippen LogP contribution in [0, 0.1) is 0 Å². The molecule has 0 aromatic heterocycles. The van der Waals surface area contributed by atoms with Crippen LogP contribution in [0.4, 0.5) is 10.5 Å². The largest absolute Gasteiger partial charge is 0.486 e. The van der Waals surface area contributed by atoms with Gasteiger partial charge < -0.3 is 24.6 Å². The van der Waals surface area contributed by atoms with E-state index in [1.54, 1.807) is 4.90 Å². The molecule has 28 heavy (non-hydrogen) atoms. The summed E-state index contributed by atoms with van der Waals surface area (Å²) < 4.78 is 11.2. The van der Waals surface area contributed by atoms with E-state index in [9.17, 15) is 9.59 Å². The van der Waals surface area contributed by atoms with E-state index < -0.39 is 0 Å². The quantitative estimate of drug-likeness (QED) is 0.862. The van der Waals surface area contributed by atoms with Crippen LogP contribution < -0.4 is 19.7 Å². The third-order valence-electron chi connectivity index (χ3n) is 5.91. The fraction of sp³-hybridized carbons (Fsp3) is 0.619. The van der Waals surface area contributed by atoms with Gasteiger partial charge in [0.2, 0.25) is 5.91 Å². The molecule has 1 aliphatic carbocycles. The number of urea groups is 1. The molecule has 2 aliphatic heterocycles. The molecule has 0 radical (unpaired) electrons. The van der Waals surface area contributed by atoms with Gasteiger partial charge >= 0.3 is 6.03 Å². The number of benzene rings is 1. The average Bonchev–Trinajstić information content (AvgIpc) is 3.09. The summed E-state index contributed by atoms with van der Waals surface area (Å²) in [5.41, 5.74) is 0.783. The lowest BCUT2D eigenvalue weighted by Gasteiger charge is -2.34. The minimum absolute atomic E-state index is 0.0164. The number of anilines is 1. The molecule has 1 atom stereocenters. The maximum Gasteiger partial charge on any atom is 0.317 e. The second kappa shape index (κ2) is 8.29. The zero-order chi connectivity index (χ0) is 19.5. The Kier molecular flexibility index (Phi) is 5.59. The molecule has 0 unspecified atom stereocenters. The monoisotopic (exact) mass is 387 g/mol. The SMILES string of the molecule is CCN(C(=O)N[C@@H]1CC(=O)N(c2ccc3c(c2)OCCO3)C1)C1CCCCC1. The lowest BCUT2D eigenvalue weighted by Crippen LogP contribution is -2.50. The molecule has 4 rings (SSSR count). The van der Waals surface area contributed by atoms with Crippen molar-refractivity contribution >= 4 is 17.6 Å². The minimum Gasteiger partial charge on any atom is -0.486 e. The summed E-state index contributed by atoms with van der Waals surface area (Å²) in [6.07, 6.45) is 6.12. The highest BCUT2D eigenvalue weighted by Crippen LogP contribution is 2.35. The van der Waals surface area contributed by atoms with Gasteiger partial charge in [-0.15, -0.1) is 0 Å². The van der Waals surface area contributed by atoms with Gasteiger partial charge in [0.1, 0.15) is 13.2 Å². The molecule has 1 saturated heterocycles. The number of hydrogen-bond donors (Lipinski definition) is 1. The van der Waals surface area contributed by atoms with Crippen LogP contribution >= 0.6 is 0 Å². The third-order valence-corrected chi connectivity index (χ3v) is 5.91. The number of hydrogen-bond acceptors (Lipinski definition) is 4. The molecule has 1 saturated carbocycles. The third kappa shape index (κ3) is 3.88. The van der Waals surface area contributed by atoms with E-state index in [4.69, 9.17) is 9.47 Å². The van der Waals surface area contributed by atoms with E-state index in [0.717, 1.165) is 18.5 Å². The van der Waals surface area contributed by atoms with E-state index in [0.29, 0.717) is 50.3 Å². The number of carbonyl (C=O) groups is 2. The second-order valence-electron chi connectivity index (χ2n) is 7.76. The molecule has 7 nitrogen and oxygen atoms in total. The predicted molar refractivity (Wildman–Crippen MR) is 106 cm³/mol. The minimum atomic E-state index is -0.175. The fourth-order valence-electron chi connectivity index (χ4n) is 4.47. The van der Waals surface area contributed by atoms with Gasteiger partial charge in [-0.2, -0.15) is 0 Å². The number of nitrogens with one attached hydrogen (secondary N) is 1. The van der Waals surface area contributed by atoms with Crippen LogP contribution in [0.1, 0.15) is 45.4 Å². The van der Waals surface area contributed by atoms with E-state index >= 15 is 0 Å². The van der Waals surface area contributed by atoms with Crippen LogP contribution in [0.15, 0.2) is 18.2 Å². The fourth-order valence-corrected chi connectivity index (χ4v) is 4.47. The molecular formula is C21H29N3O4. The van der Waals surface area contributed by atoms with E-state index in [-0.39, 0.29) is 18.0 Å². The van der Waals surface area contributed by atoms with Crippen LogP contribution in [0.3, 0.4) is 0 Å². The van der Waals surface area contributed by atoms with Crippen molar-refractivity contribution in [3.05, 3.63) is 18.2 Å². The number of amides is 3. The topological polar surface area (TPSA) is 71.1 Å². The second-order valence-corrected chi connectivity index (χ2v) is 7.76. The first kappa shape index (κ1) is 18.9. The molecule has 7 heteroatoms. The first-order valence-electron chi connectivity index (χ1n) is 10.4. The first-order chi connectivity index (χ1) is 13.7. The van der Waals surface area contributed by atoms with Crippen LogP contribution in [-0.2, 0) is 4.79 Å². The lowest BCUT2D eigenvalue weighted by atomic mass is 9.94. The highest BCUT2D eigenvalue weighted by Gasteiger charge is 2.34. The smallest absolute Gasteiger partial charge is 0.317 e. The predicted octanol–water partition coefficient (Wildman–Crippen LogP) is 2.93. The summed E-state index contributed by atoms with van der Waals surface area (Å²) in [6, 6.07) is 5.66. The van der Waals surface area contributed by atoms with Crippen LogP contribution in [0.5, 0.6) is 11.5 Å². The number of nitrogens with zero attached hydrogens (tertiary/aromatic N) is 2. The Balaban J connectivity index is 1.39. The lowest BCUT2D eigenvalue weighted by molar-refractivity contribution is -0.117. The number of fused-ring (bicyclic) bond motifs is 1. The van der Waals surface area contributed by atoms with Gasteiger partial charge in [-0.25, -0.2) is 4.79 Å². The molecular weight excluding hydrogens is 358 g/mol. The molecule has 2 fully saturated rings. The number of ether oxygens (including phenoxy) is 2. The van der Waals surface area contributed by atoms with Crippen LogP contribution in [0.25, 0.3) is 0 Å². The Morgan fingerprint density at radius 2 is 1.93 bits per heavy atom. The molecule has 0 spiro atoms. The van der Waals surface area contributed by atoms with Crippen molar-refractivity contribution in [2.24, 2.45) is 0 Å². The van der Waals surface area contributed by atoms with Crippen molar-refractivity contribution in [1.82, 2.24) is 10.2 Å². The summed E-state index contributed by atoms with van der Waals surface area (Å²) in [5, 5.41) is 3.09. The van der Waals surface area contributed by atoms with Crippen LogP contribution in [0.2, 0.25) is 0 Å². The molecule has 2 heterocycles. The van der Waals surface area contributed by atoms with E-state index in [2.05, 4.69) is 5.32 Å². The van der Waals surface area contributed by atoms with Crippen molar-refractivity contribution in [2.75, 3.05) is 31.2 Å². The van der Waals surface area contributed by atoms with Gasteiger partial charge in [0.05, 0.1) is 6.04 Å². The average molecular weight is 387 g/mol. The number of carbonyl (C=O) groups excluding carboxylic acids is 2. The van der Waals surface area contributed by atoms with Crippen molar-refractivity contribution in [3.63, 3.8) is 0 Å². The zero-order valence-electron chi connectivity index (χ0n) is 16.5. The van der Waals surface area contributed by atoms with Gasteiger partial charge in [0, 0.05) is 37.3 Å². The van der Waals surface area contributed by atoms with Gasteiger partial charge in [0.15, 0.2) is 11.5 Å². The Bertz CT molecular complexity index is 732. The maximum absolute atomic E-state index is 12.8. The molecule has 1 aromatic carbocycles. The standard InChI is InChI=1S/C21H29N3O4/c1-2-23(16-6-4-3-5-7-16)21(26)22-15-12-20(25)24(14-15)17-8-9-18-19(13-17)28-11-10-27-18/h8-9,13,15-16H,2-7,10-12,14H2,1H3,(H,22,26)/t15-/m1/s1. The maximum atomic E-state index is 12.8. The Labute approximate surface area is 166 Å². The normalized spacial score (nSPS) is 22.2. The van der Waals surface area contributed by atoms with Crippen molar-refractivity contribution in [3.8, 4) is 11.5 Å². The van der Waals surface area contributed by atoms with Gasteiger partial charge in [-0.05, 0) is 31.9 Å². The van der Waals surface area contributed by atoms with Gasteiger partial charge in [-0.1, -0.05) is 19.3 Å². The zero-order valence-corrected chi connectivity index (χ0v) is 16.5. The van der Waals surface area contributed by atoms with Crippen molar-refractivity contribution < 1.29 is 19.1 Å². The first-order valence-corrected chi connectivity index (χ1v) is 10.4. The van der Waals surface area contributed by atoms with Crippen LogP contribution in [-0.4, -0.2) is 55.2 Å². The summed E-state index contributed by atoms with van der Waals surface area (Å²) in [5.74, 6) is 1.39. The molecule has 0 bridgehead atoms. The van der Waals surface area contributed by atoms with Crippen molar-refractivity contribution in [2.45, 2.75) is 57.5 Å². The summed E-state index contributed by atoms with van der Waals surface area (Å²) in [4.78, 5) is 29.0. The number of rotatable bonds is 4. The van der Waals surface area contributed by atoms with Gasteiger partial charge in [0.25, 0.3) is 0 Å². The summed E-state index contributed by atoms with van der Waals surface area (Å²) >= 11 is 0. The molecule has 1 aromatic rings. The Morgan fingerprint density at radius 1 is 1.18 bits per heavy atom. The molecule has 3 aliphatic rings. The molecule has 3 amide bonds. The highest BCUT2D eigenvalue weighted by molar-refractivity contribution is 5.97. The summed E-state index contributed by atoms with van der Waals surface area (Å²) in [6.45, 7) is 4.25. The molecule has 152 valence electrons. The summed E-state index contributed by atoms with van der Waals surface area (Å²) in [7, 11) is 0. The van der Waals surface area contributed by atoms with Gasteiger partial charge in [-0.3, -0.25) is 4.79 Å².